The fourth-order valence-electron chi connectivity index (χ4n) is 1.98. The van der Waals surface area contributed by atoms with Crippen LogP contribution in [0.3, 0.4) is 0 Å². The van der Waals surface area contributed by atoms with Gasteiger partial charge in [0, 0.05) is 28.1 Å². The van der Waals surface area contributed by atoms with Crippen LogP contribution in [0.25, 0.3) is 11.3 Å². The maximum absolute atomic E-state index is 11.4. The van der Waals surface area contributed by atoms with Crippen molar-refractivity contribution in [1.29, 1.82) is 0 Å². The minimum absolute atomic E-state index is 0.00300. The predicted molar refractivity (Wildman–Crippen MR) is 87.0 cm³/mol. The van der Waals surface area contributed by atoms with E-state index in [-0.39, 0.29) is 17.5 Å². The van der Waals surface area contributed by atoms with Gasteiger partial charge in [-0.3, -0.25) is 14.9 Å². The molecule has 7 nitrogen and oxygen atoms in total. The lowest BCUT2D eigenvalue weighted by atomic mass is 10.1. The zero-order valence-corrected chi connectivity index (χ0v) is 13.4. The standard InChI is InChI=1S/C15H12BrN3O4/c16-13-7-10(19(21)22)3-5-12(13)14-6-4-11(23-14)8-17-18-15(20)9-1-2-9/h3-9H,1-2H2,(H,18,20)/b17-8-. The molecule has 0 spiro atoms. The van der Waals surface area contributed by atoms with Gasteiger partial charge in [0.25, 0.3) is 5.69 Å². The molecular weight excluding hydrogens is 366 g/mol. The Bertz CT molecular complexity index is 796. The van der Waals surface area contributed by atoms with E-state index in [4.69, 9.17) is 4.42 Å². The van der Waals surface area contributed by atoms with E-state index in [1.807, 2.05) is 0 Å². The van der Waals surface area contributed by atoms with Gasteiger partial charge in [0.05, 0.1) is 11.1 Å². The normalized spacial score (nSPS) is 14.1. The van der Waals surface area contributed by atoms with E-state index in [0.29, 0.717) is 21.6 Å². The Labute approximate surface area is 139 Å². The molecule has 1 aromatic heterocycles. The summed E-state index contributed by atoms with van der Waals surface area (Å²) < 4.78 is 6.17. The van der Waals surface area contributed by atoms with Crippen molar-refractivity contribution in [3.63, 3.8) is 0 Å². The van der Waals surface area contributed by atoms with E-state index in [1.54, 1.807) is 18.2 Å². The van der Waals surface area contributed by atoms with Crippen molar-refractivity contribution in [3.8, 4) is 11.3 Å². The monoisotopic (exact) mass is 377 g/mol. The van der Waals surface area contributed by atoms with Crippen molar-refractivity contribution in [2.75, 3.05) is 0 Å². The summed E-state index contributed by atoms with van der Waals surface area (Å²) in [4.78, 5) is 21.7. The van der Waals surface area contributed by atoms with Crippen molar-refractivity contribution in [2.45, 2.75) is 12.8 Å². The summed E-state index contributed by atoms with van der Waals surface area (Å²) in [6.45, 7) is 0. The van der Waals surface area contributed by atoms with Crippen LogP contribution < -0.4 is 5.43 Å². The van der Waals surface area contributed by atoms with Gasteiger partial charge in [-0.1, -0.05) is 0 Å². The van der Waals surface area contributed by atoms with Gasteiger partial charge >= 0.3 is 0 Å². The van der Waals surface area contributed by atoms with Crippen LogP contribution in [0.5, 0.6) is 0 Å². The lowest BCUT2D eigenvalue weighted by Crippen LogP contribution is -2.18. The molecule has 0 bridgehead atoms. The number of nitrogens with one attached hydrogen (secondary N) is 1. The lowest BCUT2D eigenvalue weighted by molar-refractivity contribution is -0.384. The quantitative estimate of drug-likeness (QED) is 0.489. The number of nitro benzene ring substituents is 1. The average Bonchev–Trinajstić information content (AvgIpc) is 3.27. The molecule has 8 heteroatoms. The number of halogens is 1. The Balaban J connectivity index is 1.72. The van der Waals surface area contributed by atoms with Crippen molar-refractivity contribution >= 4 is 33.7 Å². The Morgan fingerprint density at radius 3 is 2.83 bits per heavy atom. The first-order valence-electron chi connectivity index (χ1n) is 6.91. The van der Waals surface area contributed by atoms with Crippen molar-refractivity contribution in [2.24, 2.45) is 11.0 Å². The molecule has 1 fully saturated rings. The smallest absolute Gasteiger partial charge is 0.270 e. The van der Waals surface area contributed by atoms with Gasteiger partial charge in [0.15, 0.2) is 0 Å². The Kier molecular flexibility index (Phi) is 4.24. The van der Waals surface area contributed by atoms with Gasteiger partial charge < -0.3 is 4.42 Å². The highest BCUT2D eigenvalue weighted by Gasteiger charge is 2.29. The molecule has 0 aliphatic heterocycles. The predicted octanol–water partition coefficient (Wildman–Crippen LogP) is 3.48. The summed E-state index contributed by atoms with van der Waals surface area (Å²) in [7, 11) is 0. The molecule has 0 saturated heterocycles. The highest BCUT2D eigenvalue weighted by molar-refractivity contribution is 9.10. The summed E-state index contributed by atoms with van der Waals surface area (Å²) in [5.41, 5.74) is 3.15. The van der Waals surface area contributed by atoms with Crippen molar-refractivity contribution in [3.05, 3.63) is 50.7 Å². The molecule has 1 saturated carbocycles. The number of carbonyl (C=O) groups excluding carboxylic acids is 1. The summed E-state index contributed by atoms with van der Waals surface area (Å²) in [6.07, 6.45) is 3.25. The molecule has 0 atom stereocenters. The number of hydrogen-bond donors (Lipinski definition) is 1. The lowest BCUT2D eigenvalue weighted by Gasteiger charge is -2.00. The molecule has 1 aliphatic carbocycles. The number of carbonyl (C=O) groups is 1. The van der Waals surface area contributed by atoms with E-state index < -0.39 is 4.92 Å². The van der Waals surface area contributed by atoms with Crippen LogP contribution in [-0.2, 0) is 4.79 Å². The van der Waals surface area contributed by atoms with Crippen molar-refractivity contribution < 1.29 is 14.1 Å². The zero-order chi connectivity index (χ0) is 16.4. The topological polar surface area (TPSA) is 97.7 Å². The van der Waals surface area contributed by atoms with Gasteiger partial charge in [-0.2, -0.15) is 5.10 Å². The minimum Gasteiger partial charge on any atom is -0.455 e. The highest BCUT2D eigenvalue weighted by atomic mass is 79.9. The van der Waals surface area contributed by atoms with Crippen LogP contribution in [-0.4, -0.2) is 17.0 Å². The molecular formula is C15H12BrN3O4. The third kappa shape index (κ3) is 3.65. The largest absolute Gasteiger partial charge is 0.455 e. The molecule has 1 aromatic carbocycles. The first-order valence-corrected chi connectivity index (χ1v) is 7.71. The van der Waals surface area contributed by atoms with Gasteiger partial charge in [0.1, 0.15) is 11.5 Å². The number of non-ortho nitro benzene ring substituents is 1. The summed E-state index contributed by atoms with van der Waals surface area (Å²) in [6, 6.07) is 7.87. The number of nitrogens with zero attached hydrogens (tertiary/aromatic N) is 2. The third-order valence-electron chi connectivity index (χ3n) is 3.37. The van der Waals surface area contributed by atoms with E-state index in [0.717, 1.165) is 12.8 Å². The number of hydrazone groups is 1. The SMILES string of the molecule is O=C(N/N=C\c1ccc(-c2ccc([N+](=O)[O-])cc2Br)o1)C1CC1. The number of amides is 1. The molecule has 1 amide bonds. The fourth-order valence-corrected chi connectivity index (χ4v) is 2.54. The van der Waals surface area contributed by atoms with E-state index in [9.17, 15) is 14.9 Å². The molecule has 1 aliphatic rings. The van der Waals surface area contributed by atoms with Crippen LogP contribution in [0.4, 0.5) is 5.69 Å². The summed E-state index contributed by atoms with van der Waals surface area (Å²) in [5.74, 6) is 1.03. The Hall–Kier alpha value is -2.48. The minimum atomic E-state index is -0.461. The molecule has 118 valence electrons. The van der Waals surface area contributed by atoms with Gasteiger partial charge in [-0.05, 0) is 47.0 Å². The molecule has 1 N–H and O–H groups in total. The van der Waals surface area contributed by atoms with E-state index >= 15 is 0 Å². The second-order valence-corrected chi connectivity index (χ2v) is 5.99. The van der Waals surface area contributed by atoms with Crippen LogP contribution in [0.2, 0.25) is 0 Å². The summed E-state index contributed by atoms with van der Waals surface area (Å²) in [5, 5.41) is 14.6. The number of rotatable bonds is 5. The van der Waals surface area contributed by atoms with Crippen LogP contribution in [0, 0.1) is 16.0 Å². The van der Waals surface area contributed by atoms with E-state index in [1.165, 1.54) is 18.3 Å². The molecule has 23 heavy (non-hydrogen) atoms. The molecule has 1 heterocycles. The Morgan fingerprint density at radius 1 is 1.39 bits per heavy atom. The van der Waals surface area contributed by atoms with Crippen molar-refractivity contribution in [1.82, 2.24) is 5.43 Å². The maximum Gasteiger partial charge on any atom is 0.270 e. The Morgan fingerprint density at radius 2 is 2.17 bits per heavy atom. The zero-order valence-electron chi connectivity index (χ0n) is 11.9. The summed E-state index contributed by atoms with van der Waals surface area (Å²) >= 11 is 3.30. The van der Waals surface area contributed by atoms with Gasteiger partial charge in [0.2, 0.25) is 5.91 Å². The van der Waals surface area contributed by atoms with Gasteiger partial charge in [-0.15, -0.1) is 0 Å². The highest BCUT2D eigenvalue weighted by Crippen LogP contribution is 2.32. The maximum atomic E-state index is 11.4. The number of hydrogen-bond acceptors (Lipinski definition) is 5. The molecule has 3 rings (SSSR count). The first kappa shape index (κ1) is 15.4. The molecule has 0 unspecified atom stereocenters. The van der Waals surface area contributed by atoms with Crippen LogP contribution in [0.1, 0.15) is 18.6 Å². The van der Waals surface area contributed by atoms with Crippen LogP contribution >= 0.6 is 15.9 Å². The second kappa shape index (κ2) is 6.33. The average molecular weight is 378 g/mol. The fraction of sp³-hybridized carbons (Fsp3) is 0.200. The number of benzene rings is 1. The molecule has 2 aromatic rings. The third-order valence-corrected chi connectivity index (χ3v) is 4.03. The van der Waals surface area contributed by atoms with E-state index in [2.05, 4.69) is 26.5 Å². The second-order valence-electron chi connectivity index (χ2n) is 5.13. The molecule has 0 radical (unpaired) electrons. The number of nitro groups is 1. The van der Waals surface area contributed by atoms with Crippen LogP contribution in [0.15, 0.2) is 44.3 Å². The van der Waals surface area contributed by atoms with Gasteiger partial charge in [-0.25, -0.2) is 5.43 Å². The number of furan rings is 1. The first-order chi connectivity index (χ1) is 11.0.